The smallest absolute Gasteiger partial charge is 0.317 e. The number of anilines is 1. The van der Waals surface area contributed by atoms with Gasteiger partial charge in [-0.25, -0.2) is 9.18 Å². The summed E-state index contributed by atoms with van der Waals surface area (Å²) in [6, 6.07) is 14.4. The number of carbonyl (C=O) groups excluding carboxylic acids is 1. The van der Waals surface area contributed by atoms with Gasteiger partial charge in [0.1, 0.15) is 5.82 Å². The molecule has 2 aliphatic rings. The Morgan fingerprint density at radius 3 is 2.41 bits per heavy atom. The lowest BCUT2D eigenvalue weighted by Crippen LogP contribution is -2.52. The first-order valence-corrected chi connectivity index (χ1v) is 9.73. The van der Waals surface area contributed by atoms with Crippen LogP contribution in [0.1, 0.15) is 18.4 Å². The molecule has 0 bridgehead atoms. The summed E-state index contributed by atoms with van der Waals surface area (Å²) in [6.45, 7) is 3.55. The summed E-state index contributed by atoms with van der Waals surface area (Å²) in [5.41, 5.74) is 2.18. The van der Waals surface area contributed by atoms with Crippen molar-refractivity contribution in [3.05, 3.63) is 64.9 Å². The zero-order valence-corrected chi connectivity index (χ0v) is 15.9. The van der Waals surface area contributed by atoms with Gasteiger partial charge in [0, 0.05) is 48.8 Å². The van der Waals surface area contributed by atoms with Gasteiger partial charge in [-0.3, -0.25) is 0 Å². The average molecular weight is 388 g/mol. The second-order valence-electron chi connectivity index (χ2n) is 7.40. The van der Waals surface area contributed by atoms with Gasteiger partial charge in [-0.15, -0.1) is 0 Å². The summed E-state index contributed by atoms with van der Waals surface area (Å²) in [6.07, 6.45) is 2.06. The topological polar surface area (TPSA) is 35.6 Å². The number of carbonyl (C=O) groups is 1. The van der Waals surface area contributed by atoms with Gasteiger partial charge >= 0.3 is 6.03 Å². The van der Waals surface area contributed by atoms with E-state index in [0.29, 0.717) is 19.6 Å². The third kappa shape index (κ3) is 4.03. The van der Waals surface area contributed by atoms with Gasteiger partial charge in [0.2, 0.25) is 0 Å². The number of rotatable bonds is 4. The van der Waals surface area contributed by atoms with Crippen LogP contribution in [0.15, 0.2) is 48.5 Å². The highest BCUT2D eigenvalue weighted by atomic mass is 35.5. The first-order valence-electron chi connectivity index (χ1n) is 9.35. The van der Waals surface area contributed by atoms with Crippen LogP contribution in [0.2, 0.25) is 5.02 Å². The van der Waals surface area contributed by atoms with Crippen LogP contribution >= 0.6 is 11.6 Å². The van der Waals surface area contributed by atoms with Gasteiger partial charge in [-0.05, 0) is 48.7 Å². The lowest BCUT2D eigenvalue weighted by Gasteiger charge is -2.36. The van der Waals surface area contributed by atoms with E-state index in [1.165, 1.54) is 12.1 Å². The van der Waals surface area contributed by atoms with Crippen LogP contribution in [0.3, 0.4) is 0 Å². The quantitative estimate of drug-likeness (QED) is 0.859. The molecular weight excluding hydrogens is 365 g/mol. The predicted octanol–water partition coefficient (Wildman–Crippen LogP) is 4.04. The second kappa shape index (κ2) is 7.39. The molecule has 1 saturated carbocycles. The van der Waals surface area contributed by atoms with E-state index >= 15 is 0 Å². The molecule has 2 fully saturated rings. The molecule has 0 unspecified atom stereocenters. The van der Waals surface area contributed by atoms with E-state index in [1.54, 1.807) is 0 Å². The number of hydrogen-bond donors (Lipinski definition) is 1. The highest BCUT2D eigenvalue weighted by molar-refractivity contribution is 6.30. The van der Waals surface area contributed by atoms with Gasteiger partial charge in [0.25, 0.3) is 0 Å². The number of hydrogen-bond acceptors (Lipinski definition) is 2. The van der Waals surface area contributed by atoms with Crippen LogP contribution in [0.4, 0.5) is 14.9 Å². The maximum absolute atomic E-state index is 13.1. The van der Waals surface area contributed by atoms with Crippen molar-refractivity contribution in [3.63, 3.8) is 0 Å². The van der Waals surface area contributed by atoms with E-state index < -0.39 is 0 Å². The molecule has 2 aromatic rings. The fraction of sp³-hybridized carbons (Fsp3) is 0.381. The first-order chi connectivity index (χ1) is 13.1. The average Bonchev–Trinajstić information content (AvgIpc) is 3.48. The lowest BCUT2D eigenvalue weighted by molar-refractivity contribution is 0.193. The summed E-state index contributed by atoms with van der Waals surface area (Å²) in [7, 11) is 0. The molecule has 4 rings (SSSR count). The SMILES string of the molecule is O=C(NCC1(c2ccc(F)cc2)CC1)N1CCN(c2cccc(Cl)c2)CC1. The van der Waals surface area contributed by atoms with Crippen LogP contribution < -0.4 is 10.2 Å². The number of piperazine rings is 1. The number of halogens is 2. The fourth-order valence-corrected chi connectivity index (χ4v) is 3.90. The molecule has 4 nitrogen and oxygen atoms in total. The third-order valence-electron chi connectivity index (χ3n) is 5.63. The summed E-state index contributed by atoms with van der Waals surface area (Å²) in [5.74, 6) is -0.226. The molecule has 1 aliphatic heterocycles. The summed E-state index contributed by atoms with van der Waals surface area (Å²) >= 11 is 6.07. The second-order valence-corrected chi connectivity index (χ2v) is 7.84. The Bertz CT molecular complexity index is 814. The van der Waals surface area contributed by atoms with Gasteiger partial charge < -0.3 is 15.1 Å². The van der Waals surface area contributed by atoms with Crippen molar-refractivity contribution in [1.29, 1.82) is 0 Å². The molecule has 2 aromatic carbocycles. The zero-order valence-electron chi connectivity index (χ0n) is 15.1. The van der Waals surface area contributed by atoms with Gasteiger partial charge in [-0.2, -0.15) is 0 Å². The Morgan fingerprint density at radius 2 is 1.78 bits per heavy atom. The van der Waals surface area contributed by atoms with Crippen molar-refractivity contribution >= 4 is 23.3 Å². The van der Waals surface area contributed by atoms with Crippen molar-refractivity contribution in [2.45, 2.75) is 18.3 Å². The number of nitrogens with zero attached hydrogens (tertiary/aromatic N) is 2. The number of nitrogens with one attached hydrogen (secondary N) is 1. The van der Waals surface area contributed by atoms with Crippen molar-refractivity contribution in [2.75, 3.05) is 37.6 Å². The molecule has 1 saturated heterocycles. The van der Waals surface area contributed by atoms with E-state index in [-0.39, 0.29) is 17.3 Å². The van der Waals surface area contributed by atoms with Crippen molar-refractivity contribution in [2.24, 2.45) is 0 Å². The molecule has 1 N–H and O–H groups in total. The normalized spacial score (nSPS) is 18.3. The highest BCUT2D eigenvalue weighted by Gasteiger charge is 2.44. The van der Waals surface area contributed by atoms with E-state index in [1.807, 2.05) is 41.3 Å². The lowest BCUT2D eigenvalue weighted by atomic mass is 9.96. The summed E-state index contributed by atoms with van der Waals surface area (Å²) in [4.78, 5) is 16.7. The standard InChI is InChI=1S/C21H23ClFN3O/c22-17-2-1-3-19(14-17)25-10-12-26(13-11-25)20(27)24-15-21(8-9-21)16-4-6-18(23)7-5-16/h1-7,14H,8-13,15H2,(H,24,27). The Morgan fingerprint density at radius 1 is 1.07 bits per heavy atom. The molecule has 1 aliphatic carbocycles. The zero-order chi connectivity index (χ0) is 18.9. The maximum atomic E-state index is 13.1. The molecule has 1 heterocycles. The summed E-state index contributed by atoms with van der Waals surface area (Å²) < 4.78 is 13.1. The minimum atomic E-state index is -0.226. The van der Waals surface area contributed by atoms with E-state index in [0.717, 1.165) is 42.2 Å². The van der Waals surface area contributed by atoms with E-state index in [9.17, 15) is 9.18 Å². The minimum absolute atomic E-state index is 0.0193. The number of amides is 2. The Kier molecular flexibility index (Phi) is 4.96. The minimum Gasteiger partial charge on any atom is -0.368 e. The molecule has 2 amide bonds. The molecular formula is C21H23ClFN3O. The molecule has 0 radical (unpaired) electrons. The molecule has 0 atom stereocenters. The van der Waals surface area contributed by atoms with Crippen molar-refractivity contribution in [3.8, 4) is 0 Å². The first kappa shape index (κ1) is 18.1. The van der Waals surface area contributed by atoms with Crippen LogP contribution in [0, 0.1) is 5.82 Å². The monoisotopic (exact) mass is 387 g/mol. The van der Waals surface area contributed by atoms with Crippen molar-refractivity contribution < 1.29 is 9.18 Å². The highest BCUT2D eigenvalue weighted by Crippen LogP contribution is 2.47. The van der Waals surface area contributed by atoms with Gasteiger partial charge in [0.15, 0.2) is 0 Å². The van der Waals surface area contributed by atoms with Crippen molar-refractivity contribution in [1.82, 2.24) is 10.2 Å². The Labute approximate surface area is 163 Å². The van der Waals surface area contributed by atoms with Crippen LogP contribution in [0.25, 0.3) is 0 Å². The van der Waals surface area contributed by atoms with Gasteiger partial charge in [-0.1, -0.05) is 29.8 Å². The Balaban J connectivity index is 1.29. The number of benzene rings is 2. The maximum Gasteiger partial charge on any atom is 0.317 e. The van der Waals surface area contributed by atoms with E-state index in [2.05, 4.69) is 10.2 Å². The molecule has 0 aromatic heterocycles. The van der Waals surface area contributed by atoms with Gasteiger partial charge in [0.05, 0.1) is 0 Å². The largest absolute Gasteiger partial charge is 0.368 e. The molecule has 6 heteroatoms. The molecule has 0 spiro atoms. The van der Waals surface area contributed by atoms with E-state index in [4.69, 9.17) is 11.6 Å². The van der Waals surface area contributed by atoms with Crippen LogP contribution in [-0.4, -0.2) is 43.7 Å². The third-order valence-corrected chi connectivity index (χ3v) is 5.86. The number of urea groups is 1. The molecule has 27 heavy (non-hydrogen) atoms. The van der Waals surface area contributed by atoms with Crippen LogP contribution in [-0.2, 0) is 5.41 Å². The fourth-order valence-electron chi connectivity index (χ4n) is 3.72. The summed E-state index contributed by atoms with van der Waals surface area (Å²) in [5, 5.41) is 3.81. The predicted molar refractivity (Wildman–Crippen MR) is 106 cm³/mol. The van der Waals surface area contributed by atoms with Crippen LogP contribution in [0.5, 0.6) is 0 Å². The molecule has 142 valence electrons. The Hall–Kier alpha value is -2.27.